The zero-order chi connectivity index (χ0) is 20.6. The van der Waals surface area contributed by atoms with Gasteiger partial charge in [-0.15, -0.1) is 0 Å². The summed E-state index contributed by atoms with van der Waals surface area (Å²) in [6.45, 7) is 0. The van der Waals surface area contributed by atoms with Gasteiger partial charge in [-0.3, -0.25) is 0 Å². The Kier molecular flexibility index (Phi) is 6.82. The maximum atomic E-state index is 11.8. The fourth-order valence-electron chi connectivity index (χ4n) is 2.11. The van der Waals surface area contributed by atoms with Gasteiger partial charge < -0.3 is 24.1 Å². The molecule has 12 heteroatoms. The van der Waals surface area contributed by atoms with Gasteiger partial charge in [0.25, 0.3) is 0 Å². The molecule has 0 aliphatic heterocycles. The minimum Gasteiger partial charge on any atom is -0.477 e. The predicted molar refractivity (Wildman–Crippen MR) is 100 cm³/mol. The van der Waals surface area contributed by atoms with Crippen molar-refractivity contribution >= 4 is 29.2 Å². The third kappa shape index (κ3) is 5.33. The van der Waals surface area contributed by atoms with Crippen molar-refractivity contribution in [3.8, 4) is 35.3 Å². The lowest BCUT2D eigenvalue weighted by Crippen LogP contribution is -2.05. The highest BCUT2D eigenvalue weighted by atomic mass is 35.5. The molecule has 0 saturated carbocycles. The molecule has 0 saturated heterocycles. The van der Waals surface area contributed by atoms with Crippen LogP contribution >= 0.6 is 23.2 Å². The Bertz CT molecular complexity index is 937. The van der Waals surface area contributed by atoms with Gasteiger partial charge in [0, 0.05) is 24.5 Å². The SMILES string of the molecule is O=C(O)c1c(Oc2nccc(OCCl)n2)cccc1Oc1nccc(OCCl)n1. The van der Waals surface area contributed by atoms with E-state index in [1.165, 1.54) is 42.7 Å². The first-order chi connectivity index (χ1) is 14.1. The molecule has 2 heterocycles. The zero-order valence-corrected chi connectivity index (χ0v) is 16.0. The molecule has 0 unspecified atom stereocenters. The standard InChI is InChI=1S/C17H12Cl2N4O6/c18-8-26-12-4-6-20-16(22-12)28-10-2-1-3-11(14(10)15(24)25)29-17-21-7-5-13(23-17)27-9-19/h1-7H,8-9H2,(H,24,25). The van der Waals surface area contributed by atoms with Gasteiger partial charge in [0.15, 0.2) is 12.1 Å². The molecule has 3 aromatic rings. The highest BCUT2D eigenvalue weighted by Crippen LogP contribution is 2.33. The van der Waals surface area contributed by atoms with E-state index >= 15 is 0 Å². The van der Waals surface area contributed by atoms with E-state index in [1.807, 2.05) is 0 Å². The van der Waals surface area contributed by atoms with Crippen LogP contribution in [-0.4, -0.2) is 43.1 Å². The maximum absolute atomic E-state index is 11.8. The number of benzene rings is 1. The summed E-state index contributed by atoms with van der Waals surface area (Å²) >= 11 is 11.0. The Balaban J connectivity index is 1.91. The minimum atomic E-state index is -1.31. The smallest absolute Gasteiger partial charge is 0.343 e. The predicted octanol–water partition coefficient (Wildman–Crippen LogP) is 3.70. The summed E-state index contributed by atoms with van der Waals surface area (Å²) in [5, 5.41) is 9.65. The van der Waals surface area contributed by atoms with Gasteiger partial charge in [-0.1, -0.05) is 29.3 Å². The minimum absolute atomic E-state index is 0.0637. The van der Waals surface area contributed by atoms with Crippen molar-refractivity contribution in [1.29, 1.82) is 0 Å². The Hall–Kier alpha value is -3.37. The fraction of sp³-hybridized carbons (Fsp3) is 0.118. The van der Waals surface area contributed by atoms with E-state index in [2.05, 4.69) is 19.9 Å². The van der Waals surface area contributed by atoms with Crippen LogP contribution in [0.2, 0.25) is 0 Å². The average Bonchev–Trinajstić information content (AvgIpc) is 2.69. The van der Waals surface area contributed by atoms with Gasteiger partial charge in [-0.2, -0.15) is 9.97 Å². The third-order valence-corrected chi connectivity index (χ3v) is 3.44. The van der Waals surface area contributed by atoms with Gasteiger partial charge >= 0.3 is 18.0 Å². The lowest BCUT2D eigenvalue weighted by atomic mass is 10.2. The summed E-state index contributed by atoms with van der Waals surface area (Å²) in [6.07, 6.45) is 2.75. The van der Waals surface area contributed by atoms with Gasteiger partial charge in [0.05, 0.1) is 0 Å². The molecule has 1 N–H and O–H groups in total. The Labute approximate surface area is 174 Å². The van der Waals surface area contributed by atoms with Crippen LogP contribution in [0.25, 0.3) is 0 Å². The van der Waals surface area contributed by atoms with Gasteiger partial charge in [0.2, 0.25) is 11.8 Å². The van der Waals surface area contributed by atoms with E-state index in [4.69, 9.17) is 42.1 Å². The maximum Gasteiger partial charge on any atom is 0.343 e. The van der Waals surface area contributed by atoms with Crippen molar-refractivity contribution in [2.75, 3.05) is 12.1 Å². The number of rotatable bonds is 9. The van der Waals surface area contributed by atoms with Crippen molar-refractivity contribution < 1.29 is 28.8 Å². The summed E-state index contributed by atoms with van der Waals surface area (Å²) < 4.78 is 21.1. The largest absolute Gasteiger partial charge is 0.477 e. The van der Waals surface area contributed by atoms with E-state index < -0.39 is 5.97 Å². The van der Waals surface area contributed by atoms with Crippen molar-refractivity contribution in [3.63, 3.8) is 0 Å². The lowest BCUT2D eigenvalue weighted by Gasteiger charge is -2.12. The summed E-state index contributed by atoms with van der Waals surface area (Å²) in [5.41, 5.74) is -0.285. The van der Waals surface area contributed by atoms with E-state index in [9.17, 15) is 9.90 Å². The van der Waals surface area contributed by atoms with Gasteiger partial charge in [0.1, 0.15) is 17.1 Å². The molecule has 3 rings (SSSR count). The van der Waals surface area contributed by atoms with Gasteiger partial charge in [-0.25, -0.2) is 14.8 Å². The number of aromatic nitrogens is 4. The van der Waals surface area contributed by atoms with Crippen molar-refractivity contribution in [2.24, 2.45) is 0 Å². The first kappa shape index (κ1) is 20.4. The van der Waals surface area contributed by atoms with Crippen molar-refractivity contribution in [3.05, 3.63) is 48.3 Å². The molecule has 1 aromatic carbocycles. The number of ether oxygens (including phenoxy) is 4. The monoisotopic (exact) mass is 438 g/mol. The van der Waals surface area contributed by atoms with E-state index in [0.717, 1.165) is 0 Å². The second kappa shape index (κ2) is 9.71. The topological polar surface area (TPSA) is 126 Å². The average molecular weight is 439 g/mol. The van der Waals surface area contributed by atoms with Crippen LogP contribution in [0.5, 0.6) is 35.3 Å². The number of halogens is 2. The molecule has 0 radical (unpaired) electrons. The summed E-state index contributed by atoms with van der Waals surface area (Å²) in [5.74, 6) is -1.10. The van der Waals surface area contributed by atoms with Crippen LogP contribution in [-0.2, 0) is 0 Å². The van der Waals surface area contributed by atoms with Crippen LogP contribution in [0.3, 0.4) is 0 Å². The second-order valence-corrected chi connectivity index (χ2v) is 5.44. The number of carboxylic acid groups (broad SMARTS) is 1. The summed E-state index contributed by atoms with van der Waals surface area (Å²) in [6, 6.07) is 6.79. The highest BCUT2D eigenvalue weighted by Gasteiger charge is 2.21. The molecular weight excluding hydrogens is 427 g/mol. The number of hydrogen-bond acceptors (Lipinski definition) is 9. The summed E-state index contributed by atoms with van der Waals surface area (Å²) in [4.78, 5) is 27.6. The van der Waals surface area contributed by atoms with E-state index in [-0.39, 0.29) is 53.0 Å². The van der Waals surface area contributed by atoms with Crippen molar-refractivity contribution in [1.82, 2.24) is 19.9 Å². The molecule has 150 valence electrons. The van der Waals surface area contributed by atoms with Crippen LogP contribution in [0.1, 0.15) is 10.4 Å². The number of hydrogen-bond donors (Lipinski definition) is 1. The molecule has 0 aliphatic carbocycles. The Morgan fingerprint density at radius 3 is 1.76 bits per heavy atom. The number of alkyl halides is 2. The van der Waals surface area contributed by atoms with E-state index in [1.54, 1.807) is 0 Å². The molecule has 10 nitrogen and oxygen atoms in total. The quantitative estimate of drug-likeness (QED) is 0.493. The molecule has 0 amide bonds. The fourth-order valence-corrected chi connectivity index (χ4v) is 2.33. The molecule has 29 heavy (non-hydrogen) atoms. The van der Waals surface area contributed by atoms with Gasteiger partial charge in [-0.05, 0) is 12.1 Å². The van der Waals surface area contributed by atoms with E-state index in [0.29, 0.717) is 0 Å². The first-order valence-electron chi connectivity index (χ1n) is 7.86. The number of carbonyl (C=O) groups is 1. The lowest BCUT2D eigenvalue weighted by molar-refractivity contribution is 0.0691. The summed E-state index contributed by atoms with van der Waals surface area (Å²) in [7, 11) is 0. The first-order valence-corrected chi connectivity index (χ1v) is 8.93. The Morgan fingerprint density at radius 2 is 1.34 bits per heavy atom. The third-order valence-electron chi connectivity index (χ3n) is 3.23. The van der Waals surface area contributed by atoms with Crippen LogP contribution in [0.4, 0.5) is 0 Å². The second-order valence-electron chi connectivity index (χ2n) is 5.00. The van der Waals surface area contributed by atoms with Crippen LogP contribution in [0, 0.1) is 0 Å². The number of aromatic carboxylic acids is 1. The Morgan fingerprint density at radius 1 is 0.862 bits per heavy atom. The van der Waals surface area contributed by atoms with Crippen LogP contribution in [0.15, 0.2) is 42.7 Å². The molecular formula is C17H12Cl2N4O6. The zero-order valence-electron chi connectivity index (χ0n) is 14.5. The number of carboxylic acids is 1. The van der Waals surface area contributed by atoms with Crippen LogP contribution < -0.4 is 18.9 Å². The molecule has 0 spiro atoms. The molecule has 2 aromatic heterocycles. The molecule has 0 bridgehead atoms. The highest BCUT2D eigenvalue weighted by molar-refractivity contribution is 6.17. The molecule has 0 atom stereocenters. The number of nitrogens with zero attached hydrogens (tertiary/aromatic N) is 4. The molecule has 0 aliphatic rings. The molecule has 0 fully saturated rings. The normalized spacial score (nSPS) is 10.3. The van der Waals surface area contributed by atoms with Crippen molar-refractivity contribution in [2.45, 2.75) is 0 Å².